The molecule has 3 aromatic carbocycles. The summed E-state index contributed by atoms with van der Waals surface area (Å²) in [6.45, 7) is 3.98. The van der Waals surface area contributed by atoms with Crippen LogP contribution in [-0.4, -0.2) is 70.5 Å². The van der Waals surface area contributed by atoms with Gasteiger partial charge in [0.15, 0.2) is 5.75 Å². The first kappa shape index (κ1) is 30.3. The van der Waals surface area contributed by atoms with Gasteiger partial charge in [0.05, 0.1) is 30.8 Å². The molecule has 0 aromatic heterocycles. The summed E-state index contributed by atoms with van der Waals surface area (Å²) in [5.41, 5.74) is -0.699. The van der Waals surface area contributed by atoms with Crippen molar-refractivity contribution in [1.29, 1.82) is 0 Å². The molecule has 2 N–H and O–H groups in total. The molecule has 0 unspecified atom stereocenters. The third-order valence-corrected chi connectivity index (χ3v) is 8.00. The Morgan fingerprint density at radius 1 is 0.923 bits per heavy atom. The number of sulfonamides is 1. The minimum absolute atomic E-state index is 0.0277. The highest BCUT2D eigenvalue weighted by Crippen LogP contribution is 2.24. The number of aliphatic hydroxyl groups excluding tert-OH is 1. The van der Waals surface area contributed by atoms with Gasteiger partial charge in [-0.2, -0.15) is 4.31 Å². The van der Waals surface area contributed by atoms with Gasteiger partial charge in [0, 0.05) is 20.2 Å². The van der Waals surface area contributed by atoms with Gasteiger partial charge in [0.2, 0.25) is 10.0 Å². The van der Waals surface area contributed by atoms with Gasteiger partial charge in [-0.3, -0.25) is 9.59 Å². The molecule has 11 heteroatoms. The maximum atomic E-state index is 13.6. The minimum Gasteiger partial charge on any atom is -0.497 e. The van der Waals surface area contributed by atoms with Crippen LogP contribution < -0.4 is 25.6 Å². The zero-order chi connectivity index (χ0) is 28.6. The molecule has 0 heterocycles. The summed E-state index contributed by atoms with van der Waals surface area (Å²) in [7, 11) is -0.989. The van der Waals surface area contributed by atoms with E-state index in [0.29, 0.717) is 5.75 Å². The highest BCUT2D eigenvalue weighted by Gasteiger charge is 2.33. The Morgan fingerprint density at radius 3 is 2.18 bits per heavy atom. The first-order chi connectivity index (χ1) is 18.6. The van der Waals surface area contributed by atoms with Crippen LogP contribution in [0.25, 0.3) is 0 Å². The Hall–Kier alpha value is -3.25. The molecule has 0 aliphatic rings. The number of hydrogen-bond donors (Lipinski definition) is 2. The maximum Gasteiger partial charge on any atom is 0.272 e. The predicted octanol–water partition coefficient (Wildman–Crippen LogP) is 2.05. The second-order valence-electron chi connectivity index (χ2n) is 9.60. The Bertz CT molecular complexity index is 1370. The van der Waals surface area contributed by atoms with Crippen molar-refractivity contribution in [3.8, 4) is 11.5 Å². The third-order valence-electron chi connectivity index (χ3n) is 6.15. The van der Waals surface area contributed by atoms with Crippen LogP contribution in [0.1, 0.15) is 19.4 Å². The third kappa shape index (κ3) is 7.66. The number of hydrogen-bond acceptors (Lipinski definition) is 9. The van der Waals surface area contributed by atoms with E-state index >= 15 is 0 Å². The van der Waals surface area contributed by atoms with Crippen molar-refractivity contribution in [3.05, 3.63) is 80.6 Å². The fraction of sp³-hybridized carbons (Fsp3) is 0.429. The molecule has 10 nitrogen and oxygen atoms in total. The van der Waals surface area contributed by atoms with Crippen LogP contribution in [-0.2, 0) is 21.2 Å². The highest BCUT2D eigenvalue weighted by atomic mass is 32.2. The van der Waals surface area contributed by atoms with Crippen molar-refractivity contribution in [1.82, 2.24) is 4.31 Å². The van der Waals surface area contributed by atoms with Crippen LogP contribution in [0.15, 0.2) is 69.1 Å². The molecular formula is C28H36N2O8S. The molecule has 0 spiro atoms. The van der Waals surface area contributed by atoms with E-state index < -0.39 is 33.0 Å². The van der Waals surface area contributed by atoms with Crippen LogP contribution in [0.2, 0.25) is 0 Å². The predicted molar refractivity (Wildman–Crippen MR) is 149 cm³/mol. The highest BCUT2D eigenvalue weighted by molar-refractivity contribution is 7.89. The summed E-state index contributed by atoms with van der Waals surface area (Å²) >= 11 is 0. The van der Waals surface area contributed by atoms with Crippen LogP contribution in [0.4, 0.5) is 5.69 Å². The first-order valence-corrected chi connectivity index (χ1v) is 14.1. The average Bonchev–Trinajstić information content (AvgIpc) is 2.93. The van der Waals surface area contributed by atoms with Crippen molar-refractivity contribution in [3.63, 3.8) is 0 Å². The van der Waals surface area contributed by atoms with Crippen molar-refractivity contribution in [2.75, 3.05) is 45.8 Å². The largest absolute Gasteiger partial charge is 0.497 e. The maximum absolute atomic E-state index is 13.6. The molecule has 0 amide bonds. The summed E-state index contributed by atoms with van der Waals surface area (Å²) in [6.07, 6.45) is -0.982. The lowest BCUT2D eigenvalue weighted by Crippen LogP contribution is -2.49. The molecule has 212 valence electrons. The first-order valence-electron chi connectivity index (χ1n) is 12.7. The van der Waals surface area contributed by atoms with E-state index in [0.717, 1.165) is 5.56 Å². The quantitative estimate of drug-likeness (QED) is 0.200. The van der Waals surface area contributed by atoms with Crippen LogP contribution in [0.3, 0.4) is 0 Å². The second-order valence-corrected chi connectivity index (χ2v) is 11.5. The molecule has 3 aromatic rings. The molecule has 0 fully saturated rings. The van der Waals surface area contributed by atoms with Crippen molar-refractivity contribution in [2.45, 2.75) is 37.3 Å². The van der Waals surface area contributed by atoms with E-state index in [2.05, 4.69) is 5.32 Å². The minimum atomic E-state index is -3.97. The molecule has 0 aliphatic heterocycles. The van der Waals surface area contributed by atoms with E-state index in [4.69, 9.17) is 14.2 Å². The van der Waals surface area contributed by atoms with Crippen molar-refractivity contribution < 1.29 is 27.7 Å². The van der Waals surface area contributed by atoms with Crippen molar-refractivity contribution >= 4 is 15.7 Å². The Kier molecular flexibility index (Phi) is 10.6. The van der Waals surface area contributed by atoms with Gasteiger partial charge in [-0.05, 0) is 42.2 Å². The van der Waals surface area contributed by atoms with Gasteiger partial charge in [-0.25, -0.2) is 8.42 Å². The van der Waals surface area contributed by atoms with E-state index in [1.165, 1.54) is 30.7 Å². The Balaban J connectivity index is 1.90. The van der Waals surface area contributed by atoms with Gasteiger partial charge in [0.1, 0.15) is 18.0 Å². The zero-order valence-electron chi connectivity index (χ0n) is 22.6. The van der Waals surface area contributed by atoms with E-state index in [9.17, 15) is 23.1 Å². The van der Waals surface area contributed by atoms with Crippen LogP contribution in [0.5, 0.6) is 11.5 Å². The van der Waals surface area contributed by atoms with Gasteiger partial charge in [-0.15, -0.1) is 0 Å². The van der Waals surface area contributed by atoms with Gasteiger partial charge in [-0.1, -0.05) is 44.2 Å². The molecule has 0 radical (unpaired) electrons. The summed E-state index contributed by atoms with van der Waals surface area (Å²) < 4.78 is 43.9. The molecule has 2 atom stereocenters. The summed E-state index contributed by atoms with van der Waals surface area (Å²) in [5.74, 6) is 0.375. The smallest absolute Gasteiger partial charge is 0.272 e. The Morgan fingerprint density at radius 2 is 1.59 bits per heavy atom. The molecule has 0 saturated heterocycles. The molecule has 0 bridgehead atoms. The zero-order valence-corrected chi connectivity index (χ0v) is 23.4. The number of nitrogens with zero attached hydrogens (tertiary/aromatic N) is 1. The molecule has 3 rings (SSSR count). The second kappa shape index (κ2) is 13.7. The summed E-state index contributed by atoms with van der Waals surface area (Å²) in [5, 5.41) is 14.4. The van der Waals surface area contributed by atoms with Crippen molar-refractivity contribution in [2.24, 2.45) is 5.92 Å². The molecular weight excluding hydrogens is 524 g/mol. The molecule has 39 heavy (non-hydrogen) atoms. The van der Waals surface area contributed by atoms with E-state index in [1.54, 1.807) is 12.1 Å². The van der Waals surface area contributed by atoms with Crippen LogP contribution >= 0.6 is 0 Å². The SMILES string of the molecule is COCCOc1c(N[C@@H](Cc2ccccc2)[C@H](O)CN(CC(C)C)S(=O)(=O)c2ccc(OC)cc2)c(=O)c1=O. The van der Waals surface area contributed by atoms with E-state index in [-0.39, 0.29) is 55.0 Å². The van der Waals surface area contributed by atoms with Crippen LogP contribution in [0, 0.1) is 5.92 Å². The lowest BCUT2D eigenvalue weighted by atomic mass is 10.00. The van der Waals surface area contributed by atoms with Gasteiger partial charge >= 0.3 is 0 Å². The number of nitrogens with one attached hydrogen (secondary N) is 1. The number of benzene rings is 2. The summed E-state index contributed by atoms with van der Waals surface area (Å²) in [6, 6.07) is 14.5. The van der Waals surface area contributed by atoms with Gasteiger partial charge in [0.25, 0.3) is 10.9 Å². The van der Waals surface area contributed by atoms with E-state index in [1.807, 2.05) is 44.2 Å². The average molecular weight is 561 g/mol. The Labute approximate surface area is 228 Å². The molecule has 0 saturated carbocycles. The fourth-order valence-corrected chi connectivity index (χ4v) is 5.74. The lowest BCUT2D eigenvalue weighted by molar-refractivity contribution is 0.122. The lowest BCUT2D eigenvalue weighted by Gasteiger charge is -2.31. The topological polar surface area (TPSA) is 131 Å². The normalized spacial score (nSPS) is 13.5. The monoisotopic (exact) mass is 560 g/mol. The standard InChI is InChI=1S/C28H36N2O8S/c1-19(2)17-30(39(34,35)22-12-10-21(37-4)11-13-22)18-24(31)23(16-20-8-6-5-7-9-20)29-25-26(32)27(33)28(25)38-15-14-36-3/h5-13,19,23-24,29,31H,14-18H2,1-4H3/t23-,24+/m0/s1. The number of rotatable bonds is 16. The number of methoxy groups -OCH3 is 2. The number of ether oxygens (including phenoxy) is 3. The van der Waals surface area contributed by atoms with Gasteiger partial charge < -0.3 is 24.6 Å². The fourth-order valence-electron chi connectivity index (χ4n) is 4.11. The number of anilines is 1. The number of aliphatic hydroxyl groups is 1. The molecule has 0 aliphatic carbocycles. The summed E-state index contributed by atoms with van der Waals surface area (Å²) in [4.78, 5) is 24.6.